The minimum Gasteiger partial charge on any atom is -0.461 e. The highest BCUT2D eigenvalue weighted by Gasteiger charge is 2.56. The van der Waals surface area contributed by atoms with Crippen LogP contribution < -0.4 is 5.32 Å². The molecule has 198 valence electrons. The Hall–Kier alpha value is -3.04. The van der Waals surface area contributed by atoms with Gasteiger partial charge in [0.2, 0.25) is 5.91 Å². The minimum atomic E-state index is -1.77. The molecule has 1 aliphatic carbocycles. The van der Waals surface area contributed by atoms with Gasteiger partial charge in [0, 0.05) is 19.8 Å². The molecule has 3 aliphatic rings. The molecule has 7 atom stereocenters. The summed E-state index contributed by atoms with van der Waals surface area (Å²) in [6.45, 7) is 9.17. The Kier molecular flexibility index (Phi) is 9.95. The van der Waals surface area contributed by atoms with E-state index < -0.39 is 65.4 Å². The molecule has 2 bridgehead atoms. The summed E-state index contributed by atoms with van der Waals surface area (Å²) in [5.41, 5.74) is -0.355. The van der Waals surface area contributed by atoms with Crippen LogP contribution in [0.4, 0.5) is 0 Å². The molecule has 9 heteroatoms. The fourth-order valence-corrected chi connectivity index (χ4v) is 4.17. The van der Waals surface area contributed by atoms with Crippen LogP contribution in [-0.2, 0) is 28.7 Å². The summed E-state index contributed by atoms with van der Waals surface area (Å²) in [7, 11) is 0. The molecule has 1 saturated heterocycles. The highest BCUT2D eigenvalue weighted by molar-refractivity contribution is 6.08. The summed E-state index contributed by atoms with van der Waals surface area (Å²) in [6, 6.07) is -1.12. The number of allylic oxidation sites excluding steroid dienone is 4. The van der Waals surface area contributed by atoms with Crippen molar-refractivity contribution in [3.05, 3.63) is 47.6 Å². The quantitative estimate of drug-likeness (QED) is 0.393. The maximum absolute atomic E-state index is 13.6. The van der Waals surface area contributed by atoms with Crippen molar-refractivity contribution < 1.29 is 38.9 Å². The first-order valence-electron chi connectivity index (χ1n) is 12.1. The topological polar surface area (TPSA) is 139 Å². The number of amides is 1. The lowest BCUT2D eigenvalue weighted by atomic mass is 9.69. The molecule has 9 nitrogen and oxygen atoms in total. The predicted octanol–water partition coefficient (Wildman–Crippen LogP) is 2.08. The van der Waals surface area contributed by atoms with Crippen LogP contribution in [-0.4, -0.2) is 64.3 Å². The fraction of sp³-hybridized carbons (Fsp3) is 0.556. The lowest BCUT2D eigenvalue weighted by Crippen LogP contribution is -2.61. The largest absolute Gasteiger partial charge is 0.461 e. The van der Waals surface area contributed by atoms with Gasteiger partial charge in [-0.1, -0.05) is 48.5 Å². The van der Waals surface area contributed by atoms with E-state index in [1.54, 1.807) is 44.2 Å². The van der Waals surface area contributed by atoms with Gasteiger partial charge in [0.05, 0.1) is 18.1 Å². The van der Waals surface area contributed by atoms with Gasteiger partial charge in [-0.3, -0.25) is 19.2 Å². The molecule has 3 rings (SSSR count). The molecule has 2 heterocycles. The molecule has 36 heavy (non-hydrogen) atoms. The number of aliphatic hydroxyl groups excluding tert-OH is 2. The Labute approximate surface area is 211 Å². The molecule has 0 aromatic heterocycles. The summed E-state index contributed by atoms with van der Waals surface area (Å²) >= 11 is 0. The number of hydrogen-bond acceptors (Lipinski definition) is 8. The first kappa shape index (κ1) is 29.2. The van der Waals surface area contributed by atoms with Crippen molar-refractivity contribution >= 4 is 23.6 Å². The van der Waals surface area contributed by atoms with Crippen molar-refractivity contribution in [2.75, 3.05) is 0 Å². The second-order valence-electron chi connectivity index (χ2n) is 9.72. The van der Waals surface area contributed by atoms with Crippen molar-refractivity contribution in [3.63, 3.8) is 0 Å². The maximum atomic E-state index is 13.6. The number of carbonyl (C=O) groups is 4. The third kappa shape index (κ3) is 7.24. The molecule has 0 saturated carbocycles. The van der Waals surface area contributed by atoms with Crippen LogP contribution in [0, 0.1) is 11.3 Å². The van der Waals surface area contributed by atoms with Gasteiger partial charge in [0.1, 0.15) is 23.7 Å². The summed E-state index contributed by atoms with van der Waals surface area (Å²) in [5.74, 6) is -3.22. The second kappa shape index (κ2) is 12.3. The SMILES string of the molecule is CC(=O)O[C@@H]1/C=C\C(C)=C/C(NC(=O)[C@@H](C)O)[C@]2(C)C(=O)O[C@H](C[C@H](O)/C=C/C(C)=C\C1)C(C)C2=O. The van der Waals surface area contributed by atoms with Gasteiger partial charge < -0.3 is 25.0 Å². The molecule has 1 fully saturated rings. The number of ketones is 1. The van der Waals surface area contributed by atoms with E-state index >= 15 is 0 Å². The predicted molar refractivity (Wildman–Crippen MR) is 132 cm³/mol. The average molecular weight is 504 g/mol. The van der Waals surface area contributed by atoms with E-state index in [0.717, 1.165) is 5.57 Å². The number of nitrogens with one attached hydrogen (secondary N) is 1. The molecular weight excluding hydrogens is 466 g/mol. The first-order valence-corrected chi connectivity index (χ1v) is 12.1. The van der Waals surface area contributed by atoms with Crippen LogP contribution in [0.1, 0.15) is 54.4 Å². The highest BCUT2D eigenvalue weighted by atomic mass is 16.6. The van der Waals surface area contributed by atoms with Gasteiger partial charge in [0.25, 0.3) is 0 Å². The number of rotatable bonds is 3. The molecule has 0 aromatic rings. The van der Waals surface area contributed by atoms with Gasteiger partial charge in [-0.25, -0.2) is 0 Å². The van der Waals surface area contributed by atoms with Gasteiger partial charge in [-0.15, -0.1) is 0 Å². The number of carbonyl (C=O) groups excluding carboxylic acids is 4. The van der Waals surface area contributed by atoms with Crippen LogP contribution >= 0.6 is 0 Å². The van der Waals surface area contributed by atoms with Crippen LogP contribution in [0.25, 0.3) is 0 Å². The van der Waals surface area contributed by atoms with Crippen molar-refractivity contribution in [3.8, 4) is 0 Å². The Morgan fingerprint density at radius 1 is 1.19 bits per heavy atom. The molecular formula is C27H37NO8. The molecule has 0 spiro atoms. The van der Waals surface area contributed by atoms with Gasteiger partial charge in [-0.05, 0) is 33.8 Å². The highest BCUT2D eigenvalue weighted by Crippen LogP contribution is 2.38. The number of hydrogen-bond donors (Lipinski definition) is 3. The van der Waals surface area contributed by atoms with Gasteiger partial charge >= 0.3 is 11.9 Å². The summed E-state index contributed by atoms with van der Waals surface area (Å²) in [5, 5.41) is 22.8. The molecule has 2 unspecified atom stereocenters. The molecule has 2 aliphatic heterocycles. The lowest BCUT2D eigenvalue weighted by molar-refractivity contribution is -0.181. The standard InChI is InChI=1S/C27H37NO8/c1-15-7-10-20(31)14-22-17(3)24(32)27(6,26(34)36-22)23(28-25(33)18(4)29)13-16(2)9-12-21(11-8-15)35-19(5)30/h7-10,12-13,17-18,20-23,29,31H,11,14H2,1-6H3,(H,28,33)/b10-7+,12-9-,15-8-,16-13-/t17?,18-,20-,21+,22-,23?,27+/m1/s1. The monoisotopic (exact) mass is 503 g/mol. The van der Waals surface area contributed by atoms with Gasteiger partial charge in [0.15, 0.2) is 5.78 Å². The summed E-state index contributed by atoms with van der Waals surface area (Å²) in [6.07, 6.45) is 6.65. The molecule has 1 amide bonds. The summed E-state index contributed by atoms with van der Waals surface area (Å²) in [4.78, 5) is 50.8. The fourth-order valence-electron chi connectivity index (χ4n) is 4.17. The van der Waals surface area contributed by atoms with Crippen LogP contribution in [0.5, 0.6) is 0 Å². The Morgan fingerprint density at radius 2 is 1.83 bits per heavy atom. The van der Waals surface area contributed by atoms with E-state index in [1.807, 2.05) is 13.0 Å². The average Bonchev–Trinajstić information content (AvgIpc) is 2.80. The van der Waals surface area contributed by atoms with Crippen LogP contribution in [0.3, 0.4) is 0 Å². The van der Waals surface area contributed by atoms with E-state index in [-0.39, 0.29) is 6.42 Å². The Balaban J connectivity index is 2.61. The zero-order valence-corrected chi connectivity index (χ0v) is 21.7. The number of esters is 2. The van der Waals surface area contributed by atoms with E-state index in [2.05, 4.69) is 5.32 Å². The molecule has 0 radical (unpaired) electrons. The van der Waals surface area contributed by atoms with E-state index in [9.17, 15) is 29.4 Å². The van der Waals surface area contributed by atoms with Crippen molar-refractivity contribution in [2.45, 2.75) is 84.8 Å². The zero-order chi connectivity index (χ0) is 27.2. The smallest absolute Gasteiger partial charge is 0.322 e. The van der Waals surface area contributed by atoms with Crippen LogP contribution in [0.2, 0.25) is 0 Å². The molecule has 0 aromatic carbocycles. The van der Waals surface area contributed by atoms with Crippen molar-refractivity contribution in [2.24, 2.45) is 11.3 Å². The first-order chi connectivity index (χ1) is 16.7. The number of ether oxygens (including phenoxy) is 2. The van der Waals surface area contributed by atoms with Gasteiger partial charge in [-0.2, -0.15) is 0 Å². The second-order valence-corrected chi connectivity index (χ2v) is 9.72. The van der Waals surface area contributed by atoms with E-state index in [4.69, 9.17) is 9.47 Å². The van der Waals surface area contributed by atoms with Crippen molar-refractivity contribution in [1.82, 2.24) is 5.32 Å². The molecule has 3 N–H and O–H groups in total. The number of aliphatic hydroxyl groups is 2. The Morgan fingerprint density at radius 3 is 2.44 bits per heavy atom. The van der Waals surface area contributed by atoms with E-state index in [1.165, 1.54) is 20.8 Å². The van der Waals surface area contributed by atoms with Crippen molar-refractivity contribution in [1.29, 1.82) is 0 Å². The third-order valence-corrected chi connectivity index (χ3v) is 6.51. The number of fused-ring (bicyclic) bond motifs is 10. The summed E-state index contributed by atoms with van der Waals surface area (Å²) < 4.78 is 11.0. The number of Topliss-reactive ketones (excluding diaryl/α,β-unsaturated/α-hetero) is 1. The maximum Gasteiger partial charge on any atom is 0.322 e. The third-order valence-electron chi connectivity index (χ3n) is 6.51. The lowest BCUT2D eigenvalue weighted by Gasteiger charge is -2.42. The minimum absolute atomic E-state index is 0.0235. The normalized spacial score (nSPS) is 37.3. The van der Waals surface area contributed by atoms with Crippen LogP contribution in [0.15, 0.2) is 47.6 Å². The Bertz CT molecular complexity index is 992. The zero-order valence-electron chi connectivity index (χ0n) is 21.7. The van der Waals surface area contributed by atoms with E-state index in [0.29, 0.717) is 12.0 Å².